The first kappa shape index (κ1) is 14.3. The predicted octanol–water partition coefficient (Wildman–Crippen LogP) is 4.35. The van der Waals surface area contributed by atoms with Crippen molar-refractivity contribution in [2.24, 2.45) is 0 Å². The lowest BCUT2D eigenvalue weighted by Crippen LogP contribution is -2.07. The van der Waals surface area contributed by atoms with Crippen molar-refractivity contribution in [1.82, 2.24) is 9.97 Å². The molecule has 0 aliphatic heterocycles. The highest BCUT2D eigenvalue weighted by atomic mass is 79.9. The highest BCUT2D eigenvalue weighted by Crippen LogP contribution is 2.40. The lowest BCUT2D eigenvalue weighted by Gasteiger charge is -2.14. The van der Waals surface area contributed by atoms with E-state index >= 15 is 0 Å². The Balaban J connectivity index is 1.98. The summed E-state index contributed by atoms with van der Waals surface area (Å²) in [6, 6.07) is 4.54. The summed E-state index contributed by atoms with van der Waals surface area (Å²) in [7, 11) is 1.85. The smallest absolute Gasteiger partial charge is 0.139 e. The molecule has 1 heterocycles. The molecule has 1 saturated carbocycles. The van der Waals surface area contributed by atoms with Gasteiger partial charge in [-0.25, -0.2) is 14.4 Å². The molecule has 2 aromatic rings. The third-order valence-corrected chi connectivity index (χ3v) is 4.18. The molecule has 0 saturated heterocycles. The van der Waals surface area contributed by atoms with Gasteiger partial charge in [-0.1, -0.05) is 0 Å². The van der Waals surface area contributed by atoms with Crippen LogP contribution in [0.25, 0.3) is 0 Å². The van der Waals surface area contributed by atoms with E-state index in [1.807, 2.05) is 14.0 Å². The number of anilines is 3. The Hall–Kier alpha value is -1.69. The van der Waals surface area contributed by atoms with Gasteiger partial charge < -0.3 is 10.6 Å². The number of aromatic nitrogens is 2. The van der Waals surface area contributed by atoms with Crippen molar-refractivity contribution in [3.05, 3.63) is 39.9 Å². The predicted molar refractivity (Wildman–Crippen MR) is 85.7 cm³/mol. The van der Waals surface area contributed by atoms with Crippen LogP contribution in [0.15, 0.2) is 22.7 Å². The number of halogens is 2. The maximum absolute atomic E-state index is 13.2. The molecule has 0 unspecified atom stereocenters. The molecule has 0 amide bonds. The Kier molecular flexibility index (Phi) is 3.80. The van der Waals surface area contributed by atoms with Gasteiger partial charge in [0, 0.05) is 23.0 Å². The second-order valence-corrected chi connectivity index (χ2v) is 6.03. The number of nitrogens with one attached hydrogen (secondary N) is 2. The summed E-state index contributed by atoms with van der Waals surface area (Å²) in [5.41, 5.74) is 1.72. The molecular weight excluding hydrogens is 335 g/mol. The van der Waals surface area contributed by atoms with E-state index < -0.39 is 0 Å². The van der Waals surface area contributed by atoms with Gasteiger partial charge in [0.05, 0.1) is 5.69 Å². The summed E-state index contributed by atoms with van der Waals surface area (Å²) in [4.78, 5) is 9.18. The minimum atomic E-state index is -0.276. The zero-order valence-corrected chi connectivity index (χ0v) is 13.5. The average Bonchev–Trinajstić information content (AvgIpc) is 3.28. The van der Waals surface area contributed by atoms with Crippen LogP contribution in [-0.2, 0) is 0 Å². The van der Waals surface area contributed by atoms with Crippen LogP contribution in [0.4, 0.5) is 21.7 Å². The molecule has 0 atom stereocenters. The standard InChI is InChI=1S/C15H16BrFN4/c1-8-13(18-2)20-15(9-3-4-9)21-14(8)19-12-6-5-10(17)7-11(12)16/h5-7,9H,3-4H2,1-2H3,(H2,18,19,20,21). The lowest BCUT2D eigenvalue weighted by atomic mass is 10.2. The fraction of sp³-hybridized carbons (Fsp3) is 0.333. The SMILES string of the molecule is CNc1nc(C2CC2)nc(Nc2ccc(F)cc2Br)c1C. The molecule has 1 aromatic heterocycles. The van der Waals surface area contributed by atoms with Crippen LogP contribution in [0.1, 0.15) is 30.1 Å². The molecule has 1 fully saturated rings. The van der Waals surface area contributed by atoms with Gasteiger partial charge in [-0.05, 0) is 53.9 Å². The number of nitrogens with zero attached hydrogens (tertiary/aromatic N) is 2. The van der Waals surface area contributed by atoms with Crippen LogP contribution in [0.3, 0.4) is 0 Å². The first-order valence-corrected chi connectivity index (χ1v) is 7.66. The van der Waals surface area contributed by atoms with Gasteiger partial charge in [0.2, 0.25) is 0 Å². The number of benzene rings is 1. The Morgan fingerprint density at radius 2 is 1.95 bits per heavy atom. The molecule has 0 bridgehead atoms. The summed E-state index contributed by atoms with van der Waals surface area (Å²) in [6.07, 6.45) is 2.29. The number of hydrogen-bond donors (Lipinski definition) is 2. The molecule has 0 radical (unpaired) electrons. The van der Waals surface area contributed by atoms with E-state index in [1.165, 1.54) is 12.1 Å². The highest BCUT2D eigenvalue weighted by molar-refractivity contribution is 9.10. The fourth-order valence-electron chi connectivity index (χ4n) is 2.14. The van der Waals surface area contributed by atoms with Crippen molar-refractivity contribution >= 4 is 33.3 Å². The minimum absolute atomic E-state index is 0.276. The van der Waals surface area contributed by atoms with E-state index in [0.717, 1.165) is 41.6 Å². The third kappa shape index (κ3) is 3.00. The van der Waals surface area contributed by atoms with Crippen molar-refractivity contribution in [3.63, 3.8) is 0 Å². The zero-order chi connectivity index (χ0) is 15.0. The molecular formula is C15H16BrFN4. The minimum Gasteiger partial charge on any atom is -0.373 e. The molecule has 2 N–H and O–H groups in total. The lowest BCUT2D eigenvalue weighted by molar-refractivity contribution is 0.627. The molecule has 6 heteroatoms. The summed E-state index contributed by atoms with van der Waals surface area (Å²) in [5.74, 6) is 2.64. The second-order valence-electron chi connectivity index (χ2n) is 5.18. The molecule has 4 nitrogen and oxygen atoms in total. The van der Waals surface area contributed by atoms with Gasteiger partial charge in [0.25, 0.3) is 0 Å². The second kappa shape index (κ2) is 5.60. The van der Waals surface area contributed by atoms with E-state index in [4.69, 9.17) is 0 Å². The van der Waals surface area contributed by atoms with Crippen LogP contribution in [0.5, 0.6) is 0 Å². The fourth-order valence-corrected chi connectivity index (χ4v) is 2.59. The third-order valence-electron chi connectivity index (χ3n) is 3.53. The van der Waals surface area contributed by atoms with Gasteiger partial charge in [-0.2, -0.15) is 0 Å². The summed E-state index contributed by atoms with van der Waals surface area (Å²) in [6.45, 7) is 1.96. The van der Waals surface area contributed by atoms with Crippen molar-refractivity contribution < 1.29 is 4.39 Å². The monoisotopic (exact) mass is 350 g/mol. The summed E-state index contributed by atoms with van der Waals surface area (Å²) >= 11 is 3.36. The highest BCUT2D eigenvalue weighted by Gasteiger charge is 2.28. The molecule has 1 aromatic carbocycles. The molecule has 110 valence electrons. The van der Waals surface area contributed by atoms with Crippen LogP contribution < -0.4 is 10.6 Å². The van der Waals surface area contributed by atoms with E-state index in [0.29, 0.717) is 10.4 Å². The molecule has 1 aliphatic carbocycles. The van der Waals surface area contributed by atoms with Crippen molar-refractivity contribution in [2.45, 2.75) is 25.7 Å². The molecule has 3 rings (SSSR count). The number of rotatable bonds is 4. The number of hydrogen-bond acceptors (Lipinski definition) is 4. The largest absolute Gasteiger partial charge is 0.373 e. The first-order valence-electron chi connectivity index (χ1n) is 6.87. The summed E-state index contributed by atoms with van der Waals surface area (Å²) < 4.78 is 13.8. The molecule has 21 heavy (non-hydrogen) atoms. The normalized spacial score (nSPS) is 14.1. The Labute approximate surface area is 131 Å². The zero-order valence-electron chi connectivity index (χ0n) is 11.9. The molecule has 1 aliphatic rings. The van der Waals surface area contributed by atoms with Crippen molar-refractivity contribution in [2.75, 3.05) is 17.7 Å². The van der Waals surface area contributed by atoms with Gasteiger partial charge in [-0.3, -0.25) is 0 Å². The van der Waals surface area contributed by atoms with Crippen LogP contribution in [-0.4, -0.2) is 17.0 Å². The summed E-state index contributed by atoms with van der Waals surface area (Å²) in [5, 5.41) is 6.37. The van der Waals surface area contributed by atoms with Crippen molar-refractivity contribution in [1.29, 1.82) is 0 Å². The van der Waals surface area contributed by atoms with Crippen molar-refractivity contribution in [3.8, 4) is 0 Å². The average molecular weight is 351 g/mol. The quantitative estimate of drug-likeness (QED) is 0.860. The van der Waals surface area contributed by atoms with Gasteiger partial charge in [0.15, 0.2) is 0 Å². The van der Waals surface area contributed by atoms with E-state index in [2.05, 4.69) is 36.5 Å². The van der Waals surface area contributed by atoms with Crippen LogP contribution in [0.2, 0.25) is 0 Å². The Morgan fingerprint density at radius 3 is 2.57 bits per heavy atom. The van der Waals surface area contributed by atoms with E-state index in [9.17, 15) is 4.39 Å². The maximum atomic E-state index is 13.2. The first-order chi connectivity index (χ1) is 10.1. The van der Waals surface area contributed by atoms with Gasteiger partial charge in [-0.15, -0.1) is 0 Å². The maximum Gasteiger partial charge on any atom is 0.139 e. The topological polar surface area (TPSA) is 49.8 Å². The molecule has 0 spiro atoms. The van der Waals surface area contributed by atoms with E-state index in [-0.39, 0.29) is 5.82 Å². The van der Waals surface area contributed by atoms with Crippen LogP contribution >= 0.6 is 15.9 Å². The van der Waals surface area contributed by atoms with E-state index in [1.54, 1.807) is 6.07 Å². The van der Waals surface area contributed by atoms with Gasteiger partial charge in [0.1, 0.15) is 23.3 Å². The Bertz CT molecular complexity index is 686. The van der Waals surface area contributed by atoms with Crippen LogP contribution in [0, 0.1) is 12.7 Å². The van der Waals surface area contributed by atoms with Gasteiger partial charge >= 0.3 is 0 Å². The Morgan fingerprint density at radius 1 is 1.24 bits per heavy atom.